The molecule has 11 N–H and O–H groups in total. The molecule has 0 fully saturated rings. The maximum atomic E-state index is 12.8. The average molecular weight is 492 g/mol. The Morgan fingerprint density at radius 3 is 2.06 bits per heavy atom. The first-order valence-corrected chi connectivity index (χ1v) is 10.5. The predicted octanol–water partition coefficient (Wildman–Crippen LogP) is -3.56. The molecule has 1 heterocycles. The van der Waals surface area contributed by atoms with Gasteiger partial charge in [0.15, 0.2) is 0 Å². The van der Waals surface area contributed by atoms with Crippen LogP contribution in [-0.2, 0) is 30.4 Å². The Hall–Kier alpha value is -4.01. The highest BCUT2D eigenvalue weighted by Gasteiger charge is 2.30. The Bertz CT molecular complexity index is 1090. The van der Waals surface area contributed by atoms with E-state index in [1.807, 2.05) is 0 Å². The van der Waals surface area contributed by atoms with Gasteiger partial charge in [0.2, 0.25) is 23.6 Å². The highest BCUT2D eigenvalue weighted by molar-refractivity contribution is 5.95. The molecule has 2 rings (SSSR count). The molecule has 0 aliphatic heterocycles. The van der Waals surface area contributed by atoms with E-state index in [0.717, 1.165) is 10.9 Å². The number of rotatable bonds is 13. The van der Waals surface area contributed by atoms with Crippen LogP contribution in [-0.4, -0.2) is 87.3 Å². The molecule has 14 nitrogen and oxygen atoms in total. The molecule has 35 heavy (non-hydrogen) atoms. The Kier molecular flexibility index (Phi) is 9.69. The van der Waals surface area contributed by atoms with Crippen LogP contribution < -0.4 is 27.4 Å². The summed E-state index contributed by atoms with van der Waals surface area (Å²) in [6, 6.07) is 1.28. The minimum absolute atomic E-state index is 0.0906. The summed E-state index contributed by atoms with van der Waals surface area (Å²) < 4.78 is 0. The van der Waals surface area contributed by atoms with Crippen LogP contribution in [0, 0.1) is 0 Å². The summed E-state index contributed by atoms with van der Waals surface area (Å²) in [4.78, 5) is 62.9. The Morgan fingerprint density at radius 2 is 1.46 bits per heavy atom. The molecule has 0 radical (unpaired) electrons. The quantitative estimate of drug-likeness (QED) is 0.134. The number of hydrogen-bond acceptors (Lipinski definition) is 8. The highest BCUT2D eigenvalue weighted by atomic mass is 16.4. The van der Waals surface area contributed by atoms with Crippen LogP contribution in [0.15, 0.2) is 30.5 Å². The summed E-state index contributed by atoms with van der Waals surface area (Å²) in [5.74, 6) is -5.14. The normalized spacial score (nSPS) is 14.4. The lowest BCUT2D eigenvalue weighted by atomic mass is 10.0. The molecular formula is C21H28N6O8. The fraction of sp³-hybridized carbons (Fsp3) is 0.381. The van der Waals surface area contributed by atoms with E-state index in [1.54, 1.807) is 30.5 Å². The topological polar surface area (TPSA) is 250 Å². The number of para-hydroxylation sites is 1. The summed E-state index contributed by atoms with van der Waals surface area (Å²) in [7, 11) is 0. The number of carbonyl (C=O) groups is 5. The lowest BCUT2D eigenvalue weighted by Gasteiger charge is -2.24. The van der Waals surface area contributed by atoms with Crippen molar-refractivity contribution in [1.82, 2.24) is 20.9 Å². The number of fused-ring (bicyclic) bond motifs is 1. The van der Waals surface area contributed by atoms with E-state index < -0.39 is 73.4 Å². The minimum Gasteiger partial charge on any atom is -0.480 e. The Labute approximate surface area is 199 Å². The van der Waals surface area contributed by atoms with Crippen LogP contribution in [0.3, 0.4) is 0 Å². The second-order valence-corrected chi connectivity index (χ2v) is 7.73. The number of benzene rings is 1. The molecule has 14 heteroatoms. The number of carboxylic acid groups (broad SMARTS) is 1. The third-order valence-electron chi connectivity index (χ3n) is 5.10. The Balaban J connectivity index is 2.23. The van der Waals surface area contributed by atoms with E-state index in [-0.39, 0.29) is 6.42 Å². The molecule has 1 aromatic heterocycles. The molecule has 4 atom stereocenters. The number of aliphatic hydroxyl groups is 2. The fourth-order valence-corrected chi connectivity index (χ4v) is 3.24. The van der Waals surface area contributed by atoms with Crippen LogP contribution >= 0.6 is 0 Å². The summed E-state index contributed by atoms with van der Waals surface area (Å²) in [6.45, 7) is -1.75. The number of carbonyl (C=O) groups excluding carboxylic acids is 4. The van der Waals surface area contributed by atoms with E-state index in [9.17, 15) is 34.2 Å². The predicted molar refractivity (Wildman–Crippen MR) is 121 cm³/mol. The average Bonchev–Trinajstić information content (AvgIpc) is 3.22. The maximum Gasteiger partial charge on any atom is 0.328 e. The van der Waals surface area contributed by atoms with E-state index in [2.05, 4.69) is 20.9 Å². The van der Waals surface area contributed by atoms with Crippen LogP contribution in [0.5, 0.6) is 0 Å². The molecule has 0 spiro atoms. The number of H-pyrrole nitrogens is 1. The molecule has 4 unspecified atom stereocenters. The molecule has 0 bridgehead atoms. The van der Waals surface area contributed by atoms with Gasteiger partial charge in [0.05, 0.1) is 25.7 Å². The smallest absolute Gasteiger partial charge is 0.328 e. The molecule has 0 saturated carbocycles. The lowest BCUT2D eigenvalue weighted by Crippen LogP contribution is -2.59. The molecule has 0 saturated heterocycles. The van der Waals surface area contributed by atoms with Crippen molar-refractivity contribution >= 4 is 40.5 Å². The van der Waals surface area contributed by atoms with E-state index >= 15 is 0 Å². The fourth-order valence-electron chi connectivity index (χ4n) is 3.24. The maximum absolute atomic E-state index is 12.8. The lowest BCUT2D eigenvalue weighted by molar-refractivity contribution is -0.143. The molecule has 190 valence electrons. The van der Waals surface area contributed by atoms with Crippen molar-refractivity contribution in [2.24, 2.45) is 11.5 Å². The number of carboxylic acids is 1. The third-order valence-corrected chi connectivity index (χ3v) is 5.10. The van der Waals surface area contributed by atoms with Gasteiger partial charge in [-0.1, -0.05) is 18.2 Å². The van der Waals surface area contributed by atoms with Crippen molar-refractivity contribution < 1.29 is 39.3 Å². The van der Waals surface area contributed by atoms with Crippen molar-refractivity contribution in [3.05, 3.63) is 36.0 Å². The number of nitrogens with two attached hydrogens (primary N) is 2. The van der Waals surface area contributed by atoms with E-state index in [0.29, 0.717) is 5.56 Å². The highest BCUT2D eigenvalue weighted by Crippen LogP contribution is 2.19. The van der Waals surface area contributed by atoms with Crippen LogP contribution in [0.25, 0.3) is 10.9 Å². The molecule has 0 aliphatic rings. The molecule has 0 aliphatic carbocycles. The number of aromatic amines is 1. The summed E-state index contributed by atoms with van der Waals surface area (Å²) >= 11 is 0. The first-order chi connectivity index (χ1) is 16.6. The second kappa shape index (κ2) is 12.5. The number of hydrogen-bond donors (Lipinski definition) is 9. The van der Waals surface area contributed by atoms with Gasteiger partial charge in [-0.2, -0.15) is 0 Å². The number of aliphatic carboxylic acids is 1. The summed E-state index contributed by atoms with van der Waals surface area (Å²) in [5, 5.41) is 35.4. The van der Waals surface area contributed by atoms with Crippen molar-refractivity contribution in [2.45, 2.75) is 37.0 Å². The van der Waals surface area contributed by atoms with E-state index in [1.165, 1.54) is 0 Å². The van der Waals surface area contributed by atoms with Crippen molar-refractivity contribution in [3.8, 4) is 0 Å². The van der Waals surface area contributed by atoms with Gasteiger partial charge in [0, 0.05) is 23.5 Å². The largest absolute Gasteiger partial charge is 0.480 e. The van der Waals surface area contributed by atoms with Gasteiger partial charge < -0.3 is 47.7 Å². The third kappa shape index (κ3) is 7.49. The number of amides is 4. The second-order valence-electron chi connectivity index (χ2n) is 7.73. The van der Waals surface area contributed by atoms with Crippen molar-refractivity contribution in [1.29, 1.82) is 0 Å². The first-order valence-electron chi connectivity index (χ1n) is 10.5. The zero-order valence-corrected chi connectivity index (χ0v) is 18.6. The molecular weight excluding hydrogens is 464 g/mol. The van der Waals surface area contributed by atoms with Gasteiger partial charge in [-0.05, 0) is 11.6 Å². The number of aliphatic hydroxyl groups excluding tert-OH is 2. The van der Waals surface area contributed by atoms with E-state index in [4.69, 9.17) is 16.6 Å². The SMILES string of the molecule is NC(=O)CC(N)C(=O)NC(CO)C(=O)NC(Cc1c[nH]c2ccccc12)C(=O)NC(CO)C(=O)O. The first kappa shape index (κ1) is 27.2. The van der Waals surface area contributed by atoms with Crippen LogP contribution in [0.4, 0.5) is 0 Å². The van der Waals surface area contributed by atoms with Gasteiger partial charge in [-0.3, -0.25) is 19.2 Å². The van der Waals surface area contributed by atoms with Crippen LogP contribution in [0.2, 0.25) is 0 Å². The van der Waals surface area contributed by atoms with Gasteiger partial charge in [0.1, 0.15) is 18.1 Å². The Morgan fingerprint density at radius 1 is 0.886 bits per heavy atom. The summed E-state index contributed by atoms with van der Waals surface area (Å²) in [6.07, 6.45) is 1.04. The van der Waals surface area contributed by atoms with Crippen molar-refractivity contribution in [3.63, 3.8) is 0 Å². The molecule has 4 amide bonds. The molecule has 1 aromatic carbocycles. The zero-order valence-electron chi connectivity index (χ0n) is 18.6. The van der Waals surface area contributed by atoms with Gasteiger partial charge in [0.25, 0.3) is 0 Å². The van der Waals surface area contributed by atoms with Gasteiger partial charge in [-0.25, -0.2) is 4.79 Å². The van der Waals surface area contributed by atoms with Crippen LogP contribution in [0.1, 0.15) is 12.0 Å². The number of primary amides is 1. The summed E-state index contributed by atoms with van der Waals surface area (Å²) in [5.41, 5.74) is 11.9. The van der Waals surface area contributed by atoms with Crippen molar-refractivity contribution in [2.75, 3.05) is 13.2 Å². The number of nitrogens with one attached hydrogen (secondary N) is 4. The molecule has 2 aromatic rings. The monoisotopic (exact) mass is 492 g/mol. The zero-order chi connectivity index (χ0) is 26.1. The standard InChI is InChI=1S/C21H28N6O8/c22-12(6-17(23)30)18(31)26-15(8-28)20(33)25-14(19(32)27-16(9-29)21(34)35)5-10-7-24-13-4-2-1-3-11(10)13/h1-4,7,12,14-16,24,28-29H,5-6,8-9,22H2,(H2,23,30)(H,25,33)(H,26,31)(H,27,32)(H,34,35). The van der Waals surface area contributed by atoms with Gasteiger partial charge in [-0.15, -0.1) is 0 Å². The minimum atomic E-state index is -1.62. The van der Waals surface area contributed by atoms with Gasteiger partial charge >= 0.3 is 5.97 Å². The number of aromatic nitrogens is 1.